The first kappa shape index (κ1) is 30.4. The lowest BCUT2D eigenvalue weighted by Crippen LogP contribution is -2.41. The molecule has 0 aliphatic carbocycles. The maximum atomic E-state index is 13.8. The Morgan fingerprint density at radius 3 is 2.18 bits per heavy atom. The molecule has 1 atom stereocenters. The molecule has 0 bridgehead atoms. The third kappa shape index (κ3) is 7.28. The van der Waals surface area contributed by atoms with E-state index in [9.17, 15) is 13.2 Å². The van der Waals surface area contributed by atoms with Gasteiger partial charge in [-0.1, -0.05) is 13.8 Å². The standard InChI is InChI=1S/C30H38N2O5S2/c1-8-37-24-11-9-23(10-12-24)32(39(34,35)26-15-13-25(38-7)14-16-26)19-30(33)31-22(5)28-18-27(20(2)3)29(36-6)17-21(28)4/h9-18,20,22H,8,19H2,1-7H3,(H,31,33)/t22-/m0/s1. The minimum Gasteiger partial charge on any atom is -0.496 e. The van der Waals surface area contributed by atoms with Crippen LogP contribution in [-0.2, 0) is 14.8 Å². The van der Waals surface area contributed by atoms with Crippen LogP contribution in [0.3, 0.4) is 0 Å². The van der Waals surface area contributed by atoms with Gasteiger partial charge in [-0.25, -0.2) is 8.42 Å². The Hall–Kier alpha value is -3.17. The number of anilines is 1. The van der Waals surface area contributed by atoms with Gasteiger partial charge in [-0.05, 0) is 110 Å². The SMILES string of the molecule is CCOc1ccc(N(CC(=O)N[C@@H](C)c2cc(C(C)C)c(OC)cc2C)S(=O)(=O)c2ccc(SC)cc2)cc1. The second-order valence-corrected chi connectivity index (χ2v) is 12.3. The maximum Gasteiger partial charge on any atom is 0.264 e. The van der Waals surface area contributed by atoms with Gasteiger partial charge in [-0.15, -0.1) is 11.8 Å². The number of benzene rings is 3. The molecule has 0 spiro atoms. The van der Waals surface area contributed by atoms with Crippen molar-refractivity contribution in [2.75, 3.05) is 30.8 Å². The summed E-state index contributed by atoms with van der Waals surface area (Å²) >= 11 is 1.53. The number of hydrogen-bond acceptors (Lipinski definition) is 6. The molecule has 0 fully saturated rings. The number of hydrogen-bond donors (Lipinski definition) is 1. The van der Waals surface area contributed by atoms with Crippen LogP contribution in [0.5, 0.6) is 11.5 Å². The molecular formula is C30H38N2O5S2. The van der Waals surface area contributed by atoms with Gasteiger partial charge in [0.2, 0.25) is 5.91 Å². The lowest BCUT2D eigenvalue weighted by Gasteiger charge is -2.26. The molecule has 0 aliphatic heterocycles. The zero-order valence-corrected chi connectivity index (χ0v) is 25.3. The average molecular weight is 571 g/mol. The lowest BCUT2D eigenvalue weighted by atomic mass is 9.93. The Morgan fingerprint density at radius 2 is 1.64 bits per heavy atom. The zero-order chi connectivity index (χ0) is 28.7. The van der Waals surface area contributed by atoms with Crippen LogP contribution in [0.15, 0.2) is 70.5 Å². The molecule has 0 unspecified atom stereocenters. The van der Waals surface area contributed by atoms with Gasteiger partial charge in [-0.3, -0.25) is 9.10 Å². The molecule has 3 aromatic rings. The third-order valence-corrected chi connectivity index (χ3v) is 8.99. The fraction of sp³-hybridized carbons (Fsp3) is 0.367. The molecule has 0 aliphatic rings. The lowest BCUT2D eigenvalue weighted by molar-refractivity contribution is -0.120. The summed E-state index contributed by atoms with van der Waals surface area (Å²) in [5.41, 5.74) is 3.36. The largest absolute Gasteiger partial charge is 0.496 e. The Kier molecular flexibility index (Phi) is 10.3. The highest BCUT2D eigenvalue weighted by Gasteiger charge is 2.28. The summed E-state index contributed by atoms with van der Waals surface area (Å²) in [5, 5.41) is 3.00. The van der Waals surface area contributed by atoms with Gasteiger partial charge in [-0.2, -0.15) is 0 Å². The van der Waals surface area contributed by atoms with Gasteiger partial charge in [0.25, 0.3) is 10.0 Å². The molecule has 0 heterocycles. The number of ether oxygens (including phenoxy) is 2. The Morgan fingerprint density at radius 1 is 1.00 bits per heavy atom. The number of nitrogens with zero attached hydrogens (tertiary/aromatic N) is 1. The molecule has 39 heavy (non-hydrogen) atoms. The number of nitrogens with one attached hydrogen (secondary N) is 1. The van der Waals surface area contributed by atoms with E-state index in [1.165, 1.54) is 11.8 Å². The Bertz CT molecular complexity index is 1370. The number of carbonyl (C=O) groups is 1. The summed E-state index contributed by atoms with van der Waals surface area (Å²) in [5.74, 6) is 1.25. The van der Waals surface area contributed by atoms with E-state index < -0.39 is 15.9 Å². The van der Waals surface area contributed by atoms with Gasteiger partial charge in [0, 0.05) is 4.90 Å². The number of rotatable bonds is 12. The number of sulfonamides is 1. The highest BCUT2D eigenvalue weighted by atomic mass is 32.2. The van der Waals surface area contributed by atoms with Crippen molar-refractivity contribution < 1.29 is 22.7 Å². The van der Waals surface area contributed by atoms with Crippen LogP contribution in [-0.4, -0.2) is 40.8 Å². The van der Waals surface area contributed by atoms with E-state index in [4.69, 9.17) is 9.47 Å². The molecule has 0 saturated carbocycles. The molecule has 3 aromatic carbocycles. The summed E-state index contributed by atoms with van der Waals surface area (Å²) in [7, 11) is -2.38. The normalized spacial score (nSPS) is 12.2. The molecule has 0 saturated heterocycles. The smallest absolute Gasteiger partial charge is 0.264 e. The first-order valence-corrected chi connectivity index (χ1v) is 15.6. The number of carbonyl (C=O) groups excluding carboxylic acids is 1. The van der Waals surface area contributed by atoms with Crippen molar-refractivity contribution in [2.24, 2.45) is 0 Å². The summed E-state index contributed by atoms with van der Waals surface area (Å²) in [4.78, 5) is 14.4. The van der Waals surface area contributed by atoms with Gasteiger partial charge in [0.05, 0.1) is 30.3 Å². The van der Waals surface area contributed by atoms with Crippen LogP contribution >= 0.6 is 11.8 Å². The van der Waals surface area contributed by atoms with E-state index in [-0.39, 0.29) is 23.4 Å². The van der Waals surface area contributed by atoms with E-state index in [2.05, 4.69) is 25.2 Å². The third-order valence-electron chi connectivity index (χ3n) is 6.45. The first-order chi connectivity index (χ1) is 18.5. The molecule has 0 aromatic heterocycles. The zero-order valence-electron chi connectivity index (χ0n) is 23.6. The molecule has 1 amide bonds. The summed E-state index contributed by atoms with van der Waals surface area (Å²) < 4.78 is 39.7. The fourth-order valence-electron chi connectivity index (χ4n) is 4.37. The van der Waals surface area contributed by atoms with Crippen LogP contribution < -0.4 is 19.1 Å². The predicted octanol–water partition coefficient (Wildman–Crippen LogP) is 6.32. The van der Waals surface area contributed by atoms with Gasteiger partial charge < -0.3 is 14.8 Å². The second-order valence-electron chi connectivity index (χ2n) is 9.51. The molecule has 1 N–H and O–H groups in total. The first-order valence-electron chi connectivity index (χ1n) is 12.9. The number of thioether (sulfide) groups is 1. The van der Waals surface area contributed by atoms with Crippen molar-refractivity contribution in [3.63, 3.8) is 0 Å². The van der Waals surface area contributed by atoms with Crippen LogP contribution in [0.1, 0.15) is 56.3 Å². The van der Waals surface area contributed by atoms with Crippen LogP contribution in [0, 0.1) is 6.92 Å². The fourth-order valence-corrected chi connectivity index (χ4v) is 6.20. The van der Waals surface area contributed by atoms with E-state index in [0.717, 1.165) is 31.6 Å². The van der Waals surface area contributed by atoms with Gasteiger partial charge >= 0.3 is 0 Å². The van der Waals surface area contributed by atoms with Gasteiger partial charge in [0.1, 0.15) is 18.0 Å². The maximum absolute atomic E-state index is 13.8. The van der Waals surface area contributed by atoms with E-state index >= 15 is 0 Å². The number of methoxy groups -OCH3 is 1. The minimum atomic E-state index is -4.03. The molecule has 7 nitrogen and oxygen atoms in total. The number of amides is 1. The molecule has 9 heteroatoms. The minimum absolute atomic E-state index is 0.114. The Balaban J connectivity index is 1.92. The van der Waals surface area contributed by atoms with Crippen LogP contribution in [0.4, 0.5) is 5.69 Å². The van der Waals surface area contributed by atoms with Crippen molar-refractivity contribution >= 4 is 33.4 Å². The highest BCUT2D eigenvalue weighted by Crippen LogP contribution is 2.32. The molecule has 0 radical (unpaired) electrons. The van der Waals surface area contributed by atoms with E-state index in [0.29, 0.717) is 18.0 Å². The summed E-state index contributed by atoms with van der Waals surface area (Å²) in [6.07, 6.45) is 1.93. The van der Waals surface area contributed by atoms with Crippen molar-refractivity contribution in [3.05, 3.63) is 77.4 Å². The van der Waals surface area contributed by atoms with Crippen LogP contribution in [0.25, 0.3) is 0 Å². The summed E-state index contributed by atoms with van der Waals surface area (Å²) in [6, 6.07) is 17.0. The summed E-state index contributed by atoms with van der Waals surface area (Å²) in [6.45, 7) is 10.0. The predicted molar refractivity (Wildman–Crippen MR) is 159 cm³/mol. The Labute approximate surface area is 237 Å². The van der Waals surface area contributed by atoms with Crippen molar-refractivity contribution in [1.82, 2.24) is 5.32 Å². The monoisotopic (exact) mass is 570 g/mol. The quantitative estimate of drug-likeness (QED) is 0.257. The molecule has 210 valence electrons. The van der Waals surface area contributed by atoms with Gasteiger partial charge in [0.15, 0.2) is 0 Å². The molecule has 3 rings (SSSR count). The molecular weight excluding hydrogens is 532 g/mol. The van der Waals surface area contributed by atoms with E-state index in [1.54, 1.807) is 55.6 Å². The van der Waals surface area contributed by atoms with Crippen molar-refractivity contribution in [2.45, 2.75) is 56.4 Å². The van der Waals surface area contributed by atoms with E-state index in [1.807, 2.05) is 33.1 Å². The average Bonchev–Trinajstić information content (AvgIpc) is 2.91. The topological polar surface area (TPSA) is 84.9 Å². The van der Waals surface area contributed by atoms with Crippen molar-refractivity contribution in [1.29, 1.82) is 0 Å². The second kappa shape index (κ2) is 13.3. The van der Waals surface area contributed by atoms with Crippen LogP contribution in [0.2, 0.25) is 0 Å². The highest BCUT2D eigenvalue weighted by molar-refractivity contribution is 7.98. The number of aryl methyl sites for hydroxylation is 1. The van der Waals surface area contributed by atoms with Crippen molar-refractivity contribution in [3.8, 4) is 11.5 Å².